The van der Waals surface area contributed by atoms with Gasteiger partial charge < -0.3 is 4.74 Å². The molecule has 1 aliphatic heterocycles. The van der Waals surface area contributed by atoms with Gasteiger partial charge in [-0.3, -0.25) is 4.79 Å². The van der Waals surface area contributed by atoms with Crippen LogP contribution in [0.5, 0.6) is 0 Å². The predicted octanol–water partition coefficient (Wildman–Crippen LogP) is 1.38. The fraction of sp³-hybridized carbons (Fsp3) is 0.929. The van der Waals surface area contributed by atoms with Crippen molar-refractivity contribution in [3.8, 4) is 0 Å². The number of hydrogen-bond donors (Lipinski definition) is 0. The molecule has 0 atom stereocenters. The van der Waals surface area contributed by atoms with Crippen molar-refractivity contribution >= 4 is 16.2 Å². The first-order chi connectivity index (χ1) is 9.95. The molecule has 0 unspecified atom stereocenters. The van der Waals surface area contributed by atoms with Gasteiger partial charge in [0.1, 0.15) is 6.54 Å². The number of esters is 1. The summed E-state index contributed by atoms with van der Waals surface area (Å²) < 4.78 is 33.3. The number of nitrogens with zero attached hydrogens (tertiary/aromatic N) is 2. The molecule has 0 amide bonds. The number of piperidine rings is 1. The van der Waals surface area contributed by atoms with Crippen molar-refractivity contribution in [3.05, 3.63) is 0 Å². The first kappa shape index (κ1) is 16.7. The molecule has 1 saturated carbocycles. The lowest BCUT2D eigenvalue weighted by molar-refractivity contribution is -0.141. The summed E-state index contributed by atoms with van der Waals surface area (Å²) in [5, 5.41) is 0. The average molecular weight is 318 g/mol. The molecule has 0 bridgehead atoms. The summed E-state index contributed by atoms with van der Waals surface area (Å²) in [4.78, 5) is 11.6. The van der Waals surface area contributed by atoms with Crippen LogP contribution in [0.2, 0.25) is 0 Å². The van der Waals surface area contributed by atoms with Crippen LogP contribution < -0.4 is 0 Å². The Balaban J connectivity index is 2.15. The number of rotatable bonds is 5. The van der Waals surface area contributed by atoms with Crippen LogP contribution in [0.1, 0.15) is 45.4 Å². The molecule has 2 rings (SSSR count). The highest BCUT2D eigenvalue weighted by Gasteiger charge is 2.38. The van der Waals surface area contributed by atoms with E-state index < -0.39 is 16.2 Å². The molecule has 1 aliphatic carbocycles. The van der Waals surface area contributed by atoms with E-state index in [9.17, 15) is 13.2 Å². The zero-order chi connectivity index (χ0) is 15.5. The number of carbonyl (C=O) groups is 1. The Morgan fingerprint density at radius 2 is 1.76 bits per heavy atom. The molecule has 1 saturated heterocycles. The Bertz CT molecular complexity index is 452. The highest BCUT2D eigenvalue weighted by Crippen LogP contribution is 2.28. The van der Waals surface area contributed by atoms with Crippen LogP contribution >= 0.6 is 0 Å². The van der Waals surface area contributed by atoms with Gasteiger partial charge in [0, 0.05) is 19.1 Å². The molecule has 6 nitrogen and oxygen atoms in total. The van der Waals surface area contributed by atoms with Gasteiger partial charge in [-0.1, -0.05) is 19.8 Å². The normalized spacial score (nSPS) is 22.8. The summed E-state index contributed by atoms with van der Waals surface area (Å²) in [5.74, 6) is 0.0767. The highest BCUT2D eigenvalue weighted by molar-refractivity contribution is 7.86. The molecule has 0 spiro atoms. The lowest BCUT2D eigenvalue weighted by Gasteiger charge is -2.36. The minimum absolute atomic E-state index is 0.0616. The van der Waals surface area contributed by atoms with E-state index in [1.54, 1.807) is 0 Å². The maximum Gasteiger partial charge on any atom is 0.321 e. The maximum atomic E-state index is 12.9. The van der Waals surface area contributed by atoms with Gasteiger partial charge in [-0.05, 0) is 31.6 Å². The van der Waals surface area contributed by atoms with E-state index in [1.807, 2.05) is 0 Å². The quantitative estimate of drug-likeness (QED) is 0.718. The lowest BCUT2D eigenvalue weighted by Crippen LogP contribution is -2.51. The van der Waals surface area contributed by atoms with Crippen molar-refractivity contribution in [3.63, 3.8) is 0 Å². The zero-order valence-electron chi connectivity index (χ0n) is 13.0. The Hall–Kier alpha value is -0.660. The van der Waals surface area contributed by atoms with Crippen molar-refractivity contribution in [2.75, 3.05) is 26.7 Å². The van der Waals surface area contributed by atoms with Crippen LogP contribution in [0.4, 0.5) is 0 Å². The Kier molecular flexibility index (Phi) is 5.62. The van der Waals surface area contributed by atoms with Gasteiger partial charge in [0.2, 0.25) is 0 Å². The molecule has 2 aliphatic rings. The summed E-state index contributed by atoms with van der Waals surface area (Å²) in [7, 11) is -2.27. The van der Waals surface area contributed by atoms with E-state index in [0.717, 1.165) is 38.5 Å². The van der Waals surface area contributed by atoms with E-state index in [-0.39, 0.29) is 12.6 Å². The number of methoxy groups -OCH3 is 1. The van der Waals surface area contributed by atoms with Gasteiger partial charge in [0.05, 0.1) is 7.11 Å². The second-order valence-corrected chi connectivity index (χ2v) is 8.03. The van der Waals surface area contributed by atoms with Crippen LogP contribution in [-0.4, -0.2) is 55.8 Å². The van der Waals surface area contributed by atoms with Crippen LogP contribution in [0, 0.1) is 5.92 Å². The summed E-state index contributed by atoms with van der Waals surface area (Å²) in [6, 6.07) is -0.0616. The van der Waals surface area contributed by atoms with E-state index in [2.05, 4.69) is 11.7 Å². The second kappa shape index (κ2) is 7.07. The molecule has 0 radical (unpaired) electrons. The first-order valence-corrected chi connectivity index (χ1v) is 9.18. The Labute approximate surface area is 127 Å². The molecule has 0 aromatic carbocycles. The van der Waals surface area contributed by atoms with E-state index in [0.29, 0.717) is 19.0 Å². The molecule has 0 aromatic heterocycles. The minimum atomic E-state index is -3.57. The van der Waals surface area contributed by atoms with Crippen LogP contribution in [-0.2, 0) is 19.7 Å². The predicted molar refractivity (Wildman–Crippen MR) is 79.9 cm³/mol. The number of hydrogen-bond acceptors (Lipinski definition) is 4. The lowest BCUT2D eigenvalue weighted by atomic mass is 10.0. The van der Waals surface area contributed by atoms with Gasteiger partial charge in [-0.2, -0.15) is 17.0 Å². The fourth-order valence-corrected chi connectivity index (χ4v) is 4.97. The topological polar surface area (TPSA) is 66.9 Å². The fourth-order valence-electron chi connectivity index (χ4n) is 3.15. The van der Waals surface area contributed by atoms with Crippen molar-refractivity contribution in [1.29, 1.82) is 0 Å². The monoisotopic (exact) mass is 318 g/mol. The Morgan fingerprint density at radius 3 is 2.29 bits per heavy atom. The third-order valence-corrected chi connectivity index (χ3v) is 6.65. The standard InChI is InChI=1S/C14H26N2O4S/c1-12-7-9-15(10-8-12)21(18,19)16(11-14(17)20-2)13-5-3-4-6-13/h12-13H,3-11H2,1-2H3. The largest absolute Gasteiger partial charge is 0.468 e. The van der Waals surface area contributed by atoms with Crippen LogP contribution in [0.3, 0.4) is 0 Å². The summed E-state index contributed by atoms with van der Waals surface area (Å²) in [6.07, 6.45) is 5.48. The Morgan fingerprint density at radius 1 is 1.19 bits per heavy atom. The third-order valence-electron chi connectivity index (χ3n) is 4.61. The first-order valence-electron chi connectivity index (χ1n) is 7.79. The molecule has 21 heavy (non-hydrogen) atoms. The van der Waals surface area contributed by atoms with E-state index >= 15 is 0 Å². The molecule has 0 N–H and O–H groups in total. The van der Waals surface area contributed by atoms with Crippen LogP contribution in [0.15, 0.2) is 0 Å². The molecular formula is C14H26N2O4S. The highest BCUT2D eigenvalue weighted by atomic mass is 32.2. The molecule has 1 heterocycles. The van der Waals surface area contributed by atoms with Crippen molar-refractivity contribution < 1.29 is 17.9 Å². The van der Waals surface area contributed by atoms with Crippen molar-refractivity contribution in [1.82, 2.24) is 8.61 Å². The minimum Gasteiger partial charge on any atom is -0.468 e. The summed E-state index contributed by atoms with van der Waals surface area (Å²) >= 11 is 0. The molecular weight excluding hydrogens is 292 g/mol. The van der Waals surface area contributed by atoms with Crippen molar-refractivity contribution in [2.24, 2.45) is 5.92 Å². The molecule has 122 valence electrons. The number of carbonyl (C=O) groups excluding carboxylic acids is 1. The van der Waals surface area contributed by atoms with Gasteiger partial charge in [-0.25, -0.2) is 0 Å². The van der Waals surface area contributed by atoms with E-state index in [1.165, 1.54) is 15.7 Å². The molecule has 2 fully saturated rings. The van der Waals surface area contributed by atoms with Crippen molar-refractivity contribution in [2.45, 2.75) is 51.5 Å². The summed E-state index contributed by atoms with van der Waals surface area (Å²) in [6.45, 7) is 3.07. The van der Waals surface area contributed by atoms with Gasteiger partial charge in [0.15, 0.2) is 0 Å². The maximum absolute atomic E-state index is 12.9. The van der Waals surface area contributed by atoms with E-state index in [4.69, 9.17) is 0 Å². The van der Waals surface area contributed by atoms with Gasteiger partial charge >= 0.3 is 5.97 Å². The molecule has 7 heteroatoms. The smallest absolute Gasteiger partial charge is 0.321 e. The average Bonchev–Trinajstić information content (AvgIpc) is 2.98. The van der Waals surface area contributed by atoms with Gasteiger partial charge in [0.25, 0.3) is 10.2 Å². The van der Waals surface area contributed by atoms with Gasteiger partial charge in [-0.15, -0.1) is 0 Å². The second-order valence-electron chi connectivity index (χ2n) is 6.15. The summed E-state index contributed by atoms with van der Waals surface area (Å²) in [5.41, 5.74) is 0. The van der Waals surface area contributed by atoms with Crippen LogP contribution in [0.25, 0.3) is 0 Å². The zero-order valence-corrected chi connectivity index (χ0v) is 13.8. The SMILES string of the molecule is COC(=O)CN(C1CCCC1)S(=O)(=O)N1CCC(C)CC1. The number of ether oxygens (including phenoxy) is 1. The molecule has 0 aromatic rings. The third kappa shape index (κ3) is 3.96.